The van der Waals surface area contributed by atoms with E-state index in [1.807, 2.05) is 115 Å². The number of hydrogen-bond donors (Lipinski definition) is 0. The zero-order valence-electron chi connectivity index (χ0n) is 34.2. The summed E-state index contributed by atoms with van der Waals surface area (Å²) in [6.45, 7) is 0. The molecule has 2 aromatic heterocycles. The number of aromatic nitrogens is 3. The molecule has 0 spiro atoms. The Balaban J connectivity index is 1.24. The molecule has 8 aromatic carbocycles. The van der Waals surface area contributed by atoms with E-state index in [-0.39, 0.29) is 47.6 Å². The molecule has 0 N–H and O–H groups in total. The first-order chi connectivity index (χ1) is 28.8. The van der Waals surface area contributed by atoms with E-state index in [9.17, 15) is 4.11 Å². The van der Waals surface area contributed by atoms with Crippen LogP contribution in [0.15, 0.2) is 188 Å². The number of fused-ring (bicyclic) bond motifs is 4. The lowest BCUT2D eigenvalue weighted by Crippen LogP contribution is -2.00. The van der Waals surface area contributed by atoms with Gasteiger partial charge < -0.3 is 0 Å². The normalized spacial score (nSPS) is 13.0. The van der Waals surface area contributed by atoms with Crippen molar-refractivity contribution >= 4 is 42.3 Å². The second kappa shape index (κ2) is 13.1. The van der Waals surface area contributed by atoms with Crippen molar-refractivity contribution in [2.45, 2.75) is 0 Å². The molecule has 0 unspecified atom stereocenters. The van der Waals surface area contributed by atoms with Crippen molar-refractivity contribution in [1.82, 2.24) is 15.0 Å². The Morgan fingerprint density at radius 3 is 1.66 bits per heavy atom. The van der Waals surface area contributed by atoms with Crippen LogP contribution in [0, 0.1) is 0 Å². The monoisotopic (exact) mass is 699 g/mol. The summed E-state index contributed by atoms with van der Waals surface area (Å²) in [5.74, 6) is 0.767. The molecule has 0 saturated carbocycles. The van der Waals surface area contributed by atoms with Crippen molar-refractivity contribution in [2.75, 3.05) is 0 Å². The van der Waals surface area contributed by atoms with Crippen LogP contribution in [0.3, 0.4) is 0 Å². The van der Waals surface area contributed by atoms with Gasteiger partial charge in [-0.2, -0.15) is 0 Å². The highest BCUT2D eigenvalue weighted by Crippen LogP contribution is 2.42. The molecule has 53 heavy (non-hydrogen) atoms. The SMILES string of the molecule is [2H]c1c([2H])c(-c2ccccc2)c2c(sc3c([2H])c(-c4nc(-c5ccc(-c6ccccc6)c(-c6ccccc6)c5)nc(-c5ccc6ccccc6c5)n4)c([2H])c([2H])c32)c1[2H]. The van der Waals surface area contributed by atoms with Crippen LogP contribution < -0.4 is 0 Å². The maximum absolute atomic E-state index is 9.68. The third kappa shape index (κ3) is 5.76. The summed E-state index contributed by atoms with van der Waals surface area (Å²) >= 11 is 1.13. The van der Waals surface area contributed by atoms with Crippen molar-refractivity contribution in [2.24, 2.45) is 0 Å². The zero-order chi connectivity index (χ0) is 40.4. The molecule has 0 atom stereocenters. The lowest BCUT2D eigenvalue weighted by molar-refractivity contribution is 1.08. The van der Waals surface area contributed by atoms with Gasteiger partial charge in [0.15, 0.2) is 17.5 Å². The Bertz CT molecular complexity index is 3280. The molecule has 0 fully saturated rings. The van der Waals surface area contributed by atoms with Gasteiger partial charge >= 0.3 is 0 Å². The van der Waals surface area contributed by atoms with E-state index >= 15 is 0 Å². The van der Waals surface area contributed by atoms with Gasteiger partial charge in [0.1, 0.15) is 0 Å². The minimum atomic E-state index is -0.250. The van der Waals surface area contributed by atoms with Crippen LogP contribution in [0.2, 0.25) is 0 Å². The third-order valence-electron chi connectivity index (χ3n) is 9.45. The summed E-state index contributed by atoms with van der Waals surface area (Å²) in [5, 5.41) is 2.79. The first-order valence-corrected chi connectivity index (χ1v) is 18.1. The Kier molecular flexibility index (Phi) is 6.24. The van der Waals surface area contributed by atoms with Crippen LogP contribution in [0.5, 0.6) is 0 Å². The predicted octanol–water partition coefficient (Wildman–Crippen LogP) is 13.4. The molecule has 4 heteroatoms. The first-order valence-electron chi connectivity index (χ1n) is 20.3. The van der Waals surface area contributed by atoms with Crippen molar-refractivity contribution in [3.63, 3.8) is 0 Å². The van der Waals surface area contributed by atoms with E-state index in [4.69, 9.17) is 19.1 Å². The van der Waals surface area contributed by atoms with Crippen LogP contribution in [0.1, 0.15) is 8.22 Å². The summed E-state index contributed by atoms with van der Waals surface area (Å²) in [6, 6.07) is 48.6. The zero-order valence-corrected chi connectivity index (χ0v) is 29.0. The summed E-state index contributed by atoms with van der Waals surface area (Å²) in [4.78, 5) is 15.0. The van der Waals surface area contributed by atoms with Crippen LogP contribution in [0.4, 0.5) is 0 Å². The second-order valence-electron chi connectivity index (χ2n) is 12.7. The fraction of sp³-hybridized carbons (Fsp3) is 0. The van der Waals surface area contributed by atoms with Crippen LogP contribution >= 0.6 is 11.3 Å². The highest BCUT2D eigenvalue weighted by molar-refractivity contribution is 7.26. The summed E-state index contributed by atoms with van der Waals surface area (Å²) in [6.07, 6.45) is 0. The van der Waals surface area contributed by atoms with E-state index < -0.39 is 0 Å². The smallest absolute Gasteiger partial charge is 0.164 e. The molecule has 10 rings (SSSR count). The van der Waals surface area contributed by atoms with E-state index in [1.165, 1.54) is 0 Å². The average molecular weight is 700 g/mol. The van der Waals surface area contributed by atoms with Gasteiger partial charge in [0.05, 0.1) is 8.22 Å². The Morgan fingerprint density at radius 1 is 0.396 bits per heavy atom. The van der Waals surface area contributed by atoms with Crippen molar-refractivity contribution in [3.05, 3.63) is 188 Å². The number of benzene rings is 8. The minimum Gasteiger partial charge on any atom is -0.208 e. The average Bonchev–Trinajstić information content (AvgIpc) is 3.69. The maximum atomic E-state index is 9.68. The Hall–Kier alpha value is -6.75. The summed E-state index contributed by atoms with van der Waals surface area (Å²) in [5.41, 5.74) is 6.65. The summed E-state index contributed by atoms with van der Waals surface area (Å²) in [7, 11) is 0. The maximum Gasteiger partial charge on any atom is 0.164 e. The minimum absolute atomic E-state index is 0.0638. The van der Waals surface area contributed by atoms with Gasteiger partial charge in [0, 0.05) is 36.9 Å². The van der Waals surface area contributed by atoms with Crippen LogP contribution in [-0.2, 0) is 0 Å². The van der Waals surface area contributed by atoms with Crippen molar-refractivity contribution in [3.8, 4) is 67.5 Å². The predicted molar refractivity (Wildman–Crippen MR) is 223 cm³/mol. The topological polar surface area (TPSA) is 38.7 Å². The lowest BCUT2D eigenvalue weighted by atomic mass is 9.92. The molecule has 0 aliphatic carbocycles. The molecule has 10 aromatic rings. The first kappa shape index (κ1) is 25.2. The second-order valence-corrected chi connectivity index (χ2v) is 13.8. The van der Waals surface area contributed by atoms with Gasteiger partial charge in [-0.3, -0.25) is 0 Å². The highest BCUT2D eigenvalue weighted by atomic mass is 32.1. The van der Waals surface area contributed by atoms with Crippen molar-refractivity contribution in [1.29, 1.82) is 0 Å². The molecule has 0 radical (unpaired) electrons. The Morgan fingerprint density at radius 2 is 0.962 bits per heavy atom. The van der Waals surface area contributed by atoms with E-state index in [0.717, 1.165) is 49.9 Å². The molecule has 3 nitrogen and oxygen atoms in total. The Labute approximate surface area is 320 Å². The van der Waals surface area contributed by atoms with E-state index in [0.29, 0.717) is 48.5 Å². The van der Waals surface area contributed by atoms with Gasteiger partial charge in [-0.05, 0) is 68.4 Å². The molecule has 0 aliphatic heterocycles. The standard InChI is InChI=1S/C49H31N3S/c1-4-14-33(15-5-1)40-27-25-38(30-43(40)35-18-8-3-9-19-35)48-50-47(37-24-23-32-13-10-11-20-36(32)29-37)51-49(52-48)39-26-28-42-45(31-39)53-44-22-12-21-41(46(42)44)34-16-6-2-7-17-34/h1-31H/i12D,21D,22D,26D,28D,31D. The van der Waals surface area contributed by atoms with Crippen LogP contribution in [0.25, 0.3) is 98.5 Å². The highest BCUT2D eigenvalue weighted by Gasteiger charge is 2.17. The van der Waals surface area contributed by atoms with E-state index in [2.05, 4.69) is 36.4 Å². The molecule has 0 aliphatic rings. The molecular weight excluding hydrogens is 663 g/mol. The molecule has 0 amide bonds. The van der Waals surface area contributed by atoms with Gasteiger partial charge in [0.2, 0.25) is 0 Å². The van der Waals surface area contributed by atoms with Crippen LogP contribution in [-0.4, -0.2) is 15.0 Å². The largest absolute Gasteiger partial charge is 0.208 e. The number of nitrogens with zero attached hydrogens (tertiary/aromatic N) is 3. The molecule has 0 bridgehead atoms. The number of rotatable bonds is 6. The van der Waals surface area contributed by atoms with Gasteiger partial charge in [-0.25, -0.2) is 15.0 Å². The molecule has 2 heterocycles. The lowest BCUT2D eigenvalue weighted by Gasteiger charge is -2.14. The van der Waals surface area contributed by atoms with Crippen molar-refractivity contribution < 1.29 is 8.22 Å². The fourth-order valence-corrected chi connectivity index (χ4v) is 7.89. The molecule has 248 valence electrons. The summed E-state index contributed by atoms with van der Waals surface area (Å²) < 4.78 is 55.9. The molecule has 0 saturated heterocycles. The van der Waals surface area contributed by atoms with Gasteiger partial charge in [-0.1, -0.05) is 164 Å². The van der Waals surface area contributed by atoms with E-state index in [1.54, 1.807) is 0 Å². The third-order valence-corrected chi connectivity index (χ3v) is 10.5. The van der Waals surface area contributed by atoms with Gasteiger partial charge in [0.25, 0.3) is 0 Å². The number of thiophene rings is 1. The number of hydrogen-bond acceptors (Lipinski definition) is 4. The van der Waals surface area contributed by atoms with Gasteiger partial charge in [-0.15, -0.1) is 11.3 Å². The quantitative estimate of drug-likeness (QED) is 0.173. The fourth-order valence-electron chi connectivity index (χ4n) is 6.86. The molecular formula is C49H31N3S.